The van der Waals surface area contributed by atoms with Crippen LogP contribution >= 0.6 is 0 Å². The van der Waals surface area contributed by atoms with E-state index >= 15 is 0 Å². The molecule has 0 amide bonds. The fourth-order valence-electron chi connectivity index (χ4n) is 1.55. The van der Waals surface area contributed by atoms with E-state index < -0.39 is 0 Å². The Bertz CT molecular complexity index is 364. The van der Waals surface area contributed by atoms with E-state index in [1.165, 1.54) is 0 Å². The minimum atomic E-state index is -0.328. The average molecular weight is 222 g/mol. The van der Waals surface area contributed by atoms with Crippen LogP contribution in [0, 0.1) is 16.0 Å². The number of hydrogen-bond donors (Lipinski definition) is 1. The topological polar surface area (TPSA) is 69.2 Å². The van der Waals surface area contributed by atoms with Gasteiger partial charge in [0.1, 0.15) is 0 Å². The first-order chi connectivity index (χ1) is 7.52. The molecule has 4 heteroatoms. The summed E-state index contributed by atoms with van der Waals surface area (Å²) < 4.78 is 0. The summed E-state index contributed by atoms with van der Waals surface area (Å²) in [5.41, 5.74) is 6.76. The maximum atomic E-state index is 10.8. The second-order valence-electron chi connectivity index (χ2n) is 4.26. The molecule has 2 N–H and O–H groups in total. The van der Waals surface area contributed by atoms with E-state index in [0.717, 1.165) is 12.0 Å². The lowest BCUT2D eigenvalue weighted by atomic mass is 9.95. The second kappa shape index (κ2) is 5.61. The monoisotopic (exact) mass is 222 g/mol. The van der Waals surface area contributed by atoms with Crippen molar-refractivity contribution >= 4 is 5.69 Å². The van der Waals surface area contributed by atoms with Crippen LogP contribution in [0.4, 0.5) is 5.69 Å². The summed E-state index contributed by atoms with van der Waals surface area (Å²) in [6, 6.07) is 7.01. The smallest absolute Gasteiger partial charge is 0.272 e. The lowest BCUT2D eigenvalue weighted by Gasteiger charge is -2.14. The number of nitrogens with two attached hydrogens (primary N) is 1. The van der Waals surface area contributed by atoms with Gasteiger partial charge in [-0.3, -0.25) is 10.1 Å². The molecule has 16 heavy (non-hydrogen) atoms. The zero-order valence-electron chi connectivity index (χ0n) is 9.72. The summed E-state index contributed by atoms with van der Waals surface area (Å²) in [5, 5.41) is 10.8. The third kappa shape index (κ3) is 3.31. The molecule has 0 aromatic heterocycles. The fourth-order valence-corrected chi connectivity index (χ4v) is 1.55. The van der Waals surface area contributed by atoms with Gasteiger partial charge in [-0.15, -0.1) is 0 Å². The van der Waals surface area contributed by atoms with E-state index in [-0.39, 0.29) is 16.7 Å². The van der Waals surface area contributed by atoms with Crippen molar-refractivity contribution in [1.29, 1.82) is 0 Å². The van der Waals surface area contributed by atoms with Crippen molar-refractivity contribution in [3.8, 4) is 0 Å². The molecule has 0 heterocycles. The van der Waals surface area contributed by atoms with Gasteiger partial charge in [0.15, 0.2) is 0 Å². The SMILES string of the molecule is CC(N)C(C)CCc1ccccc1[N+](=O)[O-]. The molecule has 2 atom stereocenters. The lowest BCUT2D eigenvalue weighted by Crippen LogP contribution is -2.24. The highest BCUT2D eigenvalue weighted by molar-refractivity contribution is 5.39. The molecule has 1 aromatic rings. The first kappa shape index (κ1) is 12.6. The highest BCUT2D eigenvalue weighted by atomic mass is 16.6. The first-order valence-electron chi connectivity index (χ1n) is 5.50. The van der Waals surface area contributed by atoms with Crippen molar-refractivity contribution in [2.24, 2.45) is 11.7 Å². The number of rotatable bonds is 5. The van der Waals surface area contributed by atoms with Gasteiger partial charge in [-0.2, -0.15) is 0 Å². The second-order valence-corrected chi connectivity index (χ2v) is 4.26. The molecule has 0 saturated carbocycles. The maximum absolute atomic E-state index is 10.8. The third-order valence-electron chi connectivity index (χ3n) is 2.95. The molecule has 88 valence electrons. The molecular weight excluding hydrogens is 204 g/mol. The van der Waals surface area contributed by atoms with Gasteiger partial charge in [-0.25, -0.2) is 0 Å². The predicted molar refractivity (Wildman–Crippen MR) is 64.2 cm³/mol. The van der Waals surface area contributed by atoms with Gasteiger partial charge in [0.25, 0.3) is 5.69 Å². The van der Waals surface area contributed by atoms with Crippen LogP contribution in [0.5, 0.6) is 0 Å². The van der Waals surface area contributed by atoms with Crippen LogP contribution in [0.15, 0.2) is 24.3 Å². The number of nitro groups is 1. The Kier molecular flexibility index (Phi) is 4.43. The van der Waals surface area contributed by atoms with Gasteiger partial charge in [0, 0.05) is 17.7 Å². The molecule has 0 saturated heterocycles. The van der Waals surface area contributed by atoms with Crippen LogP contribution in [-0.2, 0) is 6.42 Å². The molecular formula is C12H18N2O2. The normalized spacial score (nSPS) is 14.4. The van der Waals surface area contributed by atoms with Gasteiger partial charge in [0.05, 0.1) is 4.92 Å². The van der Waals surface area contributed by atoms with E-state index in [4.69, 9.17) is 5.73 Å². The molecule has 0 spiro atoms. The van der Waals surface area contributed by atoms with Crippen molar-refractivity contribution in [3.05, 3.63) is 39.9 Å². The number of nitro benzene ring substituents is 1. The molecule has 0 fully saturated rings. The molecule has 0 aliphatic rings. The van der Waals surface area contributed by atoms with E-state index in [9.17, 15) is 10.1 Å². The minimum Gasteiger partial charge on any atom is -0.328 e. The van der Waals surface area contributed by atoms with Gasteiger partial charge in [-0.1, -0.05) is 25.1 Å². The summed E-state index contributed by atoms with van der Waals surface area (Å²) in [6.45, 7) is 4.03. The summed E-state index contributed by atoms with van der Waals surface area (Å²) in [7, 11) is 0. The Hall–Kier alpha value is -1.42. The highest BCUT2D eigenvalue weighted by Crippen LogP contribution is 2.21. The number of aryl methyl sites for hydroxylation is 1. The zero-order chi connectivity index (χ0) is 12.1. The predicted octanol–water partition coefficient (Wildman–Crippen LogP) is 2.51. The molecule has 4 nitrogen and oxygen atoms in total. The molecule has 0 aliphatic carbocycles. The van der Waals surface area contributed by atoms with Gasteiger partial charge < -0.3 is 5.73 Å². The fraction of sp³-hybridized carbons (Fsp3) is 0.500. The van der Waals surface area contributed by atoms with Crippen LogP contribution in [0.25, 0.3) is 0 Å². The molecule has 0 aliphatic heterocycles. The average Bonchev–Trinajstić information content (AvgIpc) is 2.25. The molecule has 1 aromatic carbocycles. The highest BCUT2D eigenvalue weighted by Gasteiger charge is 2.14. The Morgan fingerprint density at radius 2 is 2.00 bits per heavy atom. The van der Waals surface area contributed by atoms with E-state index in [0.29, 0.717) is 12.3 Å². The van der Waals surface area contributed by atoms with Gasteiger partial charge in [-0.05, 0) is 25.7 Å². The molecule has 0 bridgehead atoms. The van der Waals surface area contributed by atoms with Crippen LogP contribution in [-0.4, -0.2) is 11.0 Å². The first-order valence-corrected chi connectivity index (χ1v) is 5.50. The minimum absolute atomic E-state index is 0.128. The van der Waals surface area contributed by atoms with Crippen molar-refractivity contribution in [1.82, 2.24) is 0 Å². The van der Waals surface area contributed by atoms with Crippen molar-refractivity contribution in [3.63, 3.8) is 0 Å². The van der Waals surface area contributed by atoms with E-state index in [2.05, 4.69) is 6.92 Å². The third-order valence-corrected chi connectivity index (χ3v) is 2.95. The maximum Gasteiger partial charge on any atom is 0.272 e. The Morgan fingerprint density at radius 3 is 2.56 bits per heavy atom. The van der Waals surface area contributed by atoms with Crippen molar-refractivity contribution < 1.29 is 4.92 Å². The van der Waals surface area contributed by atoms with Crippen LogP contribution in [0.3, 0.4) is 0 Å². The summed E-state index contributed by atoms with van der Waals surface area (Å²) in [6.07, 6.45) is 1.59. The largest absolute Gasteiger partial charge is 0.328 e. The summed E-state index contributed by atoms with van der Waals surface area (Å²) >= 11 is 0. The Labute approximate surface area is 95.6 Å². The quantitative estimate of drug-likeness (QED) is 0.614. The number of para-hydroxylation sites is 1. The number of benzene rings is 1. The molecule has 0 radical (unpaired) electrons. The Morgan fingerprint density at radius 1 is 1.38 bits per heavy atom. The van der Waals surface area contributed by atoms with E-state index in [1.807, 2.05) is 19.1 Å². The lowest BCUT2D eigenvalue weighted by molar-refractivity contribution is -0.385. The standard InChI is InChI=1S/C12H18N2O2/c1-9(10(2)13)7-8-11-5-3-4-6-12(11)14(15)16/h3-6,9-10H,7-8,13H2,1-2H3. The van der Waals surface area contributed by atoms with Crippen LogP contribution < -0.4 is 5.73 Å². The molecule has 1 rings (SSSR count). The molecule has 2 unspecified atom stereocenters. The zero-order valence-corrected chi connectivity index (χ0v) is 9.72. The van der Waals surface area contributed by atoms with Crippen LogP contribution in [0.2, 0.25) is 0 Å². The van der Waals surface area contributed by atoms with E-state index in [1.54, 1.807) is 12.1 Å². The summed E-state index contributed by atoms with van der Waals surface area (Å²) in [5.74, 6) is 0.375. The van der Waals surface area contributed by atoms with Crippen molar-refractivity contribution in [2.75, 3.05) is 0 Å². The Balaban J connectivity index is 2.70. The van der Waals surface area contributed by atoms with Gasteiger partial charge in [0.2, 0.25) is 0 Å². The number of hydrogen-bond acceptors (Lipinski definition) is 3. The van der Waals surface area contributed by atoms with Crippen LogP contribution in [0.1, 0.15) is 25.8 Å². The number of nitrogens with zero attached hydrogens (tertiary/aromatic N) is 1. The van der Waals surface area contributed by atoms with Crippen molar-refractivity contribution in [2.45, 2.75) is 32.7 Å². The summed E-state index contributed by atoms with van der Waals surface area (Å²) in [4.78, 5) is 10.5. The van der Waals surface area contributed by atoms with Gasteiger partial charge >= 0.3 is 0 Å².